The van der Waals surface area contributed by atoms with E-state index in [1.54, 1.807) is 11.8 Å². The number of benzene rings is 1. The standard InChI is InChI=1S/C19H25F2N3O3/c1-2-27-15-8-7-14(20)18(17(15)21)22-19(26)23-10-3-5-13(9-12-23)24-11-4-6-16(24)25/h7-8,13H,2-6,9-12H2,1H3,(H,22,26). The summed E-state index contributed by atoms with van der Waals surface area (Å²) >= 11 is 0. The predicted octanol–water partition coefficient (Wildman–Crippen LogP) is 3.37. The van der Waals surface area contributed by atoms with Crippen molar-refractivity contribution in [1.29, 1.82) is 0 Å². The van der Waals surface area contributed by atoms with Gasteiger partial charge < -0.3 is 19.9 Å². The molecule has 0 bridgehead atoms. The van der Waals surface area contributed by atoms with E-state index in [9.17, 15) is 18.4 Å². The van der Waals surface area contributed by atoms with Gasteiger partial charge in [-0.2, -0.15) is 0 Å². The minimum atomic E-state index is -0.916. The molecule has 0 aromatic heterocycles. The number of halogens is 2. The Morgan fingerprint density at radius 3 is 2.74 bits per heavy atom. The fourth-order valence-electron chi connectivity index (χ4n) is 3.75. The van der Waals surface area contributed by atoms with Crippen LogP contribution in [-0.2, 0) is 4.79 Å². The molecule has 1 unspecified atom stereocenters. The van der Waals surface area contributed by atoms with E-state index in [1.165, 1.54) is 6.07 Å². The van der Waals surface area contributed by atoms with Gasteiger partial charge in [-0.3, -0.25) is 4.79 Å². The molecule has 1 N–H and O–H groups in total. The highest BCUT2D eigenvalue weighted by atomic mass is 19.1. The third-order valence-corrected chi connectivity index (χ3v) is 5.12. The van der Waals surface area contributed by atoms with Crippen molar-refractivity contribution in [3.8, 4) is 5.75 Å². The van der Waals surface area contributed by atoms with Crippen LogP contribution in [0.4, 0.5) is 19.3 Å². The third-order valence-electron chi connectivity index (χ3n) is 5.12. The lowest BCUT2D eigenvalue weighted by Crippen LogP contribution is -2.39. The SMILES string of the molecule is CCOc1ccc(F)c(NC(=O)N2CCCC(N3CCCC3=O)CC2)c1F. The molecule has 2 saturated heterocycles. The first kappa shape index (κ1) is 19.4. The molecule has 2 heterocycles. The molecule has 1 atom stereocenters. The summed E-state index contributed by atoms with van der Waals surface area (Å²) in [5.74, 6) is -1.69. The van der Waals surface area contributed by atoms with Gasteiger partial charge >= 0.3 is 6.03 Å². The molecule has 2 aliphatic rings. The topological polar surface area (TPSA) is 61.9 Å². The maximum atomic E-state index is 14.4. The monoisotopic (exact) mass is 381 g/mol. The first-order valence-corrected chi connectivity index (χ1v) is 9.47. The van der Waals surface area contributed by atoms with Crippen LogP contribution in [0.5, 0.6) is 5.75 Å². The van der Waals surface area contributed by atoms with Crippen LogP contribution in [0.1, 0.15) is 39.0 Å². The summed E-state index contributed by atoms with van der Waals surface area (Å²) in [5.41, 5.74) is -0.499. The van der Waals surface area contributed by atoms with Gasteiger partial charge in [0.15, 0.2) is 11.6 Å². The Balaban J connectivity index is 1.65. The molecule has 27 heavy (non-hydrogen) atoms. The largest absolute Gasteiger partial charge is 0.491 e. The van der Waals surface area contributed by atoms with Crippen LogP contribution in [0.2, 0.25) is 0 Å². The average Bonchev–Trinajstić information content (AvgIpc) is 2.92. The molecule has 0 spiro atoms. The van der Waals surface area contributed by atoms with Crippen molar-refractivity contribution in [3.05, 3.63) is 23.8 Å². The first-order chi connectivity index (χ1) is 13.0. The number of likely N-dealkylation sites (tertiary alicyclic amines) is 2. The lowest BCUT2D eigenvalue weighted by Gasteiger charge is -2.27. The molecule has 2 aliphatic heterocycles. The minimum absolute atomic E-state index is 0.0994. The zero-order valence-electron chi connectivity index (χ0n) is 15.5. The molecular formula is C19H25F2N3O3. The highest BCUT2D eigenvalue weighted by Crippen LogP contribution is 2.28. The van der Waals surface area contributed by atoms with Crippen molar-refractivity contribution in [2.24, 2.45) is 0 Å². The van der Waals surface area contributed by atoms with Gasteiger partial charge in [0.25, 0.3) is 0 Å². The molecule has 0 radical (unpaired) electrons. The number of hydrogen-bond donors (Lipinski definition) is 1. The van der Waals surface area contributed by atoms with Gasteiger partial charge in [0, 0.05) is 32.1 Å². The fraction of sp³-hybridized carbons (Fsp3) is 0.579. The van der Waals surface area contributed by atoms with Crippen LogP contribution in [0.25, 0.3) is 0 Å². The number of urea groups is 1. The summed E-state index contributed by atoms with van der Waals surface area (Å²) in [6.07, 6.45) is 3.72. The Morgan fingerprint density at radius 2 is 2.04 bits per heavy atom. The summed E-state index contributed by atoms with van der Waals surface area (Å²) in [6.45, 7) is 3.63. The molecule has 6 nitrogen and oxygen atoms in total. The third kappa shape index (κ3) is 4.31. The lowest BCUT2D eigenvalue weighted by molar-refractivity contribution is -0.129. The van der Waals surface area contributed by atoms with Crippen molar-refractivity contribution in [1.82, 2.24) is 9.80 Å². The van der Waals surface area contributed by atoms with Crippen molar-refractivity contribution in [2.45, 2.75) is 45.1 Å². The Bertz CT molecular complexity index is 714. The number of carbonyl (C=O) groups excluding carboxylic acids is 2. The quantitative estimate of drug-likeness (QED) is 0.870. The molecule has 8 heteroatoms. The molecule has 1 aromatic carbocycles. The molecule has 3 amide bonds. The molecule has 3 rings (SSSR count). The Kier molecular flexibility index (Phi) is 6.13. The number of ether oxygens (including phenoxy) is 1. The van der Waals surface area contributed by atoms with Crippen molar-refractivity contribution >= 4 is 17.6 Å². The second-order valence-electron chi connectivity index (χ2n) is 6.86. The van der Waals surface area contributed by atoms with E-state index in [1.807, 2.05) is 4.90 Å². The van der Waals surface area contributed by atoms with Crippen LogP contribution < -0.4 is 10.1 Å². The molecule has 1 aromatic rings. The second-order valence-corrected chi connectivity index (χ2v) is 6.86. The van der Waals surface area contributed by atoms with Gasteiger partial charge in [-0.1, -0.05) is 0 Å². The number of anilines is 1. The van der Waals surface area contributed by atoms with Crippen molar-refractivity contribution in [2.75, 3.05) is 31.6 Å². The van der Waals surface area contributed by atoms with E-state index in [4.69, 9.17) is 4.74 Å². The Labute approximate surface area is 157 Å². The van der Waals surface area contributed by atoms with Crippen LogP contribution >= 0.6 is 0 Å². The normalized spacial score (nSPS) is 20.6. The number of nitrogens with zero attached hydrogens (tertiary/aromatic N) is 2. The van der Waals surface area contributed by atoms with Crippen LogP contribution in [0, 0.1) is 11.6 Å². The molecule has 148 valence electrons. The Hall–Kier alpha value is -2.38. The fourth-order valence-corrected chi connectivity index (χ4v) is 3.75. The second kappa shape index (κ2) is 8.54. The van der Waals surface area contributed by atoms with Crippen LogP contribution in [0.15, 0.2) is 12.1 Å². The number of rotatable bonds is 4. The summed E-state index contributed by atoms with van der Waals surface area (Å²) in [5, 5.41) is 2.34. The van der Waals surface area contributed by atoms with Gasteiger partial charge in [0.05, 0.1) is 6.61 Å². The maximum Gasteiger partial charge on any atom is 0.322 e. The highest BCUT2D eigenvalue weighted by Gasteiger charge is 2.30. The van der Waals surface area contributed by atoms with E-state index < -0.39 is 23.4 Å². The van der Waals surface area contributed by atoms with Gasteiger partial charge in [-0.05, 0) is 44.7 Å². The van der Waals surface area contributed by atoms with Gasteiger partial charge in [-0.15, -0.1) is 0 Å². The summed E-state index contributed by atoms with van der Waals surface area (Å²) < 4.78 is 33.5. The first-order valence-electron chi connectivity index (χ1n) is 9.47. The van der Waals surface area contributed by atoms with E-state index in [-0.39, 0.29) is 24.3 Å². The summed E-state index contributed by atoms with van der Waals surface area (Å²) in [6, 6.07) is 1.86. The lowest BCUT2D eigenvalue weighted by atomic mass is 10.1. The molecule has 0 aliphatic carbocycles. The molecule has 0 saturated carbocycles. The van der Waals surface area contributed by atoms with Crippen LogP contribution in [-0.4, -0.2) is 54.0 Å². The zero-order valence-corrected chi connectivity index (χ0v) is 15.5. The van der Waals surface area contributed by atoms with Crippen LogP contribution in [0.3, 0.4) is 0 Å². The van der Waals surface area contributed by atoms with Gasteiger partial charge in [0.1, 0.15) is 11.5 Å². The van der Waals surface area contributed by atoms with Gasteiger partial charge in [0.2, 0.25) is 5.91 Å². The molecule has 2 fully saturated rings. The van der Waals surface area contributed by atoms with E-state index in [0.29, 0.717) is 25.9 Å². The van der Waals surface area contributed by atoms with Gasteiger partial charge in [-0.25, -0.2) is 13.6 Å². The number of nitrogens with one attached hydrogen (secondary N) is 1. The number of carbonyl (C=O) groups is 2. The smallest absolute Gasteiger partial charge is 0.322 e. The Morgan fingerprint density at radius 1 is 1.22 bits per heavy atom. The predicted molar refractivity (Wildman–Crippen MR) is 96.7 cm³/mol. The van der Waals surface area contributed by atoms with Crippen molar-refractivity contribution in [3.63, 3.8) is 0 Å². The number of hydrogen-bond acceptors (Lipinski definition) is 3. The summed E-state index contributed by atoms with van der Waals surface area (Å²) in [4.78, 5) is 27.9. The van der Waals surface area contributed by atoms with Crippen molar-refractivity contribution < 1.29 is 23.1 Å². The number of amides is 3. The van der Waals surface area contributed by atoms with E-state index in [0.717, 1.165) is 31.9 Å². The van der Waals surface area contributed by atoms with E-state index >= 15 is 0 Å². The van der Waals surface area contributed by atoms with E-state index in [2.05, 4.69) is 5.32 Å². The minimum Gasteiger partial charge on any atom is -0.491 e. The highest BCUT2D eigenvalue weighted by molar-refractivity contribution is 5.90. The maximum absolute atomic E-state index is 14.4. The molecular weight excluding hydrogens is 356 g/mol. The average molecular weight is 381 g/mol. The zero-order chi connectivity index (χ0) is 19.4. The summed E-state index contributed by atoms with van der Waals surface area (Å²) in [7, 11) is 0.